The zero-order valence-corrected chi connectivity index (χ0v) is 20.0. The molecule has 2 aliphatic rings. The number of hydrogen-bond donors (Lipinski definition) is 2. The molecule has 0 aromatic heterocycles. The maximum absolute atomic E-state index is 13.4. The van der Waals surface area contributed by atoms with Gasteiger partial charge >= 0.3 is 0 Å². The Hall–Kier alpha value is -2.90. The van der Waals surface area contributed by atoms with Gasteiger partial charge in [-0.15, -0.1) is 0 Å². The number of nitrogens with zero attached hydrogens (tertiary/aromatic N) is 1. The molecule has 0 bridgehead atoms. The number of fused-ring (bicyclic) bond motifs is 1. The van der Waals surface area contributed by atoms with Crippen LogP contribution < -0.4 is 10.6 Å². The summed E-state index contributed by atoms with van der Waals surface area (Å²) >= 11 is 6.33. The van der Waals surface area contributed by atoms with E-state index in [9.17, 15) is 14.4 Å². The number of nitrogens with one attached hydrogen (secondary N) is 2. The predicted molar refractivity (Wildman–Crippen MR) is 131 cm³/mol. The second-order valence-corrected chi connectivity index (χ2v) is 9.28. The minimum Gasteiger partial charge on any atom is -0.383 e. The smallest absolute Gasteiger partial charge is 0.254 e. The van der Waals surface area contributed by atoms with E-state index in [1.807, 2.05) is 18.2 Å². The van der Waals surface area contributed by atoms with Gasteiger partial charge in [0.15, 0.2) is 0 Å². The van der Waals surface area contributed by atoms with E-state index in [-0.39, 0.29) is 28.8 Å². The molecule has 0 spiro atoms. The molecule has 4 rings (SSSR count). The van der Waals surface area contributed by atoms with E-state index in [0.717, 1.165) is 25.7 Å². The highest BCUT2D eigenvalue weighted by Crippen LogP contribution is 2.41. The Balaban J connectivity index is 1.50. The minimum absolute atomic E-state index is 0.0824. The molecule has 3 atom stereocenters. The van der Waals surface area contributed by atoms with Crippen molar-refractivity contribution in [2.45, 2.75) is 44.2 Å². The van der Waals surface area contributed by atoms with E-state index in [0.29, 0.717) is 42.3 Å². The SMILES string of the molecule is COCCNC(=O)c1ccc(NC(=O)C2CC3CCCCC3N2C(=O)c2ccccc2)cc1Cl. The van der Waals surface area contributed by atoms with Crippen LogP contribution in [0.5, 0.6) is 0 Å². The summed E-state index contributed by atoms with van der Waals surface area (Å²) in [5.41, 5.74) is 1.41. The fourth-order valence-electron chi connectivity index (χ4n) is 5.08. The quantitative estimate of drug-likeness (QED) is 0.580. The lowest BCUT2D eigenvalue weighted by molar-refractivity contribution is -0.120. The first-order valence-corrected chi connectivity index (χ1v) is 12.1. The maximum atomic E-state index is 13.4. The van der Waals surface area contributed by atoms with Gasteiger partial charge in [0.1, 0.15) is 6.04 Å². The van der Waals surface area contributed by atoms with Gasteiger partial charge < -0.3 is 20.3 Å². The Morgan fingerprint density at radius 1 is 1.09 bits per heavy atom. The van der Waals surface area contributed by atoms with Gasteiger partial charge in [0.25, 0.3) is 11.8 Å². The van der Waals surface area contributed by atoms with Crippen molar-refractivity contribution < 1.29 is 19.1 Å². The van der Waals surface area contributed by atoms with Gasteiger partial charge in [-0.2, -0.15) is 0 Å². The fraction of sp³-hybridized carbons (Fsp3) is 0.423. The lowest BCUT2D eigenvalue weighted by atomic mass is 9.84. The molecule has 34 heavy (non-hydrogen) atoms. The van der Waals surface area contributed by atoms with Crippen LogP contribution in [0, 0.1) is 5.92 Å². The van der Waals surface area contributed by atoms with Crippen molar-refractivity contribution in [3.8, 4) is 0 Å². The Kier molecular flexibility index (Phi) is 7.85. The predicted octanol–water partition coefficient (Wildman–Crippen LogP) is 4.13. The molecular formula is C26H30ClN3O4. The number of hydrogen-bond acceptors (Lipinski definition) is 4. The lowest BCUT2D eigenvalue weighted by Crippen LogP contribution is -2.47. The van der Waals surface area contributed by atoms with Gasteiger partial charge in [0.05, 0.1) is 17.2 Å². The highest BCUT2D eigenvalue weighted by atomic mass is 35.5. The maximum Gasteiger partial charge on any atom is 0.254 e. The van der Waals surface area contributed by atoms with Gasteiger partial charge in [0.2, 0.25) is 5.91 Å². The number of rotatable bonds is 7. The number of anilines is 1. The van der Waals surface area contributed by atoms with E-state index in [4.69, 9.17) is 16.3 Å². The molecule has 3 amide bonds. The average Bonchev–Trinajstić information content (AvgIpc) is 3.24. The molecule has 2 aromatic rings. The Labute approximate surface area is 204 Å². The van der Waals surface area contributed by atoms with Crippen LogP contribution in [0.3, 0.4) is 0 Å². The van der Waals surface area contributed by atoms with E-state index in [1.54, 1.807) is 42.3 Å². The van der Waals surface area contributed by atoms with Gasteiger partial charge in [-0.05, 0) is 55.5 Å². The first-order valence-electron chi connectivity index (χ1n) is 11.7. The molecule has 1 aliphatic carbocycles. The molecule has 2 aromatic carbocycles. The molecule has 1 saturated heterocycles. The summed E-state index contributed by atoms with van der Waals surface area (Å²) in [6.45, 7) is 0.776. The van der Waals surface area contributed by atoms with Crippen molar-refractivity contribution >= 4 is 35.0 Å². The number of ether oxygens (including phenoxy) is 1. The summed E-state index contributed by atoms with van der Waals surface area (Å²) in [4.78, 5) is 40.9. The minimum atomic E-state index is -0.545. The van der Waals surface area contributed by atoms with Gasteiger partial charge in [-0.3, -0.25) is 14.4 Å². The normalized spacial score (nSPS) is 21.6. The summed E-state index contributed by atoms with van der Waals surface area (Å²) in [7, 11) is 1.56. The Bertz CT molecular complexity index is 1050. The van der Waals surface area contributed by atoms with Crippen molar-refractivity contribution in [2.75, 3.05) is 25.6 Å². The van der Waals surface area contributed by atoms with Crippen LogP contribution in [-0.4, -0.2) is 55.0 Å². The van der Waals surface area contributed by atoms with E-state index < -0.39 is 6.04 Å². The van der Waals surface area contributed by atoms with Gasteiger partial charge in [-0.25, -0.2) is 0 Å². The molecule has 8 heteroatoms. The molecular weight excluding hydrogens is 454 g/mol. The molecule has 0 radical (unpaired) electrons. The highest BCUT2D eigenvalue weighted by molar-refractivity contribution is 6.34. The Morgan fingerprint density at radius 3 is 2.59 bits per heavy atom. The highest BCUT2D eigenvalue weighted by Gasteiger charge is 2.47. The zero-order chi connectivity index (χ0) is 24.1. The summed E-state index contributed by atoms with van der Waals surface area (Å²) in [6.07, 6.45) is 4.81. The molecule has 180 valence electrons. The number of benzene rings is 2. The van der Waals surface area contributed by atoms with E-state index in [1.165, 1.54) is 0 Å². The van der Waals surface area contributed by atoms with Crippen LogP contribution in [0.25, 0.3) is 0 Å². The third kappa shape index (κ3) is 5.26. The lowest BCUT2D eigenvalue weighted by Gasteiger charge is -2.33. The molecule has 2 fully saturated rings. The monoisotopic (exact) mass is 483 g/mol. The largest absolute Gasteiger partial charge is 0.383 e. The molecule has 1 aliphatic heterocycles. The van der Waals surface area contributed by atoms with Crippen LogP contribution in [0.4, 0.5) is 5.69 Å². The fourth-order valence-corrected chi connectivity index (χ4v) is 5.35. The van der Waals surface area contributed by atoms with Crippen LogP contribution in [0.15, 0.2) is 48.5 Å². The average molecular weight is 484 g/mol. The summed E-state index contributed by atoms with van der Waals surface area (Å²) in [5, 5.41) is 5.89. The van der Waals surface area contributed by atoms with E-state index >= 15 is 0 Å². The summed E-state index contributed by atoms with van der Waals surface area (Å²) < 4.78 is 4.94. The number of amides is 3. The summed E-state index contributed by atoms with van der Waals surface area (Å²) in [6, 6.07) is 13.5. The topological polar surface area (TPSA) is 87.7 Å². The summed E-state index contributed by atoms with van der Waals surface area (Å²) in [5.74, 6) is -0.304. The number of carbonyl (C=O) groups is 3. The first kappa shape index (κ1) is 24.2. The second kappa shape index (κ2) is 11.0. The van der Waals surface area contributed by atoms with Gasteiger partial charge in [-0.1, -0.05) is 42.6 Å². The third-order valence-electron chi connectivity index (χ3n) is 6.72. The third-order valence-corrected chi connectivity index (χ3v) is 7.03. The van der Waals surface area contributed by atoms with Crippen molar-refractivity contribution in [3.63, 3.8) is 0 Å². The Morgan fingerprint density at radius 2 is 1.85 bits per heavy atom. The number of halogens is 1. The molecule has 2 N–H and O–H groups in total. The van der Waals surface area contributed by atoms with Crippen LogP contribution in [0.1, 0.15) is 52.8 Å². The molecule has 1 saturated carbocycles. The van der Waals surface area contributed by atoms with Crippen LogP contribution >= 0.6 is 11.6 Å². The van der Waals surface area contributed by atoms with Crippen molar-refractivity contribution in [1.29, 1.82) is 0 Å². The number of likely N-dealkylation sites (tertiary alicyclic amines) is 1. The van der Waals surface area contributed by atoms with Crippen molar-refractivity contribution in [2.24, 2.45) is 5.92 Å². The molecule has 7 nitrogen and oxygen atoms in total. The second-order valence-electron chi connectivity index (χ2n) is 8.87. The molecule has 1 heterocycles. The first-order chi connectivity index (χ1) is 16.5. The number of carbonyl (C=O) groups excluding carboxylic acids is 3. The zero-order valence-electron chi connectivity index (χ0n) is 19.3. The van der Waals surface area contributed by atoms with E-state index in [2.05, 4.69) is 10.6 Å². The van der Waals surface area contributed by atoms with Crippen molar-refractivity contribution in [3.05, 3.63) is 64.7 Å². The molecule has 3 unspecified atom stereocenters. The standard InChI is InChI=1S/C26H30ClN3O4/c1-34-14-13-28-24(31)20-12-11-19(16-21(20)27)29-25(32)23-15-18-9-5-6-10-22(18)30(23)26(33)17-7-3-2-4-8-17/h2-4,7-8,11-12,16,18,22-23H,5-6,9-10,13-15H2,1H3,(H,28,31)(H,29,32). The van der Waals surface area contributed by atoms with Crippen molar-refractivity contribution in [1.82, 2.24) is 10.2 Å². The number of methoxy groups -OCH3 is 1. The van der Waals surface area contributed by atoms with Gasteiger partial charge in [0, 0.05) is 30.9 Å². The van der Waals surface area contributed by atoms with Crippen LogP contribution in [0.2, 0.25) is 5.02 Å². The van der Waals surface area contributed by atoms with Crippen LogP contribution in [-0.2, 0) is 9.53 Å².